The van der Waals surface area contributed by atoms with Crippen molar-refractivity contribution in [2.24, 2.45) is 0 Å². The molecule has 0 atom stereocenters. The molecule has 172 valence electrons. The van der Waals surface area contributed by atoms with Gasteiger partial charge in [-0.25, -0.2) is 9.78 Å². The molecule has 33 heavy (non-hydrogen) atoms. The van der Waals surface area contributed by atoms with Crippen LogP contribution in [0.2, 0.25) is 0 Å². The number of H-pyrrole nitrogens is 1. The van der Waals surface area contributed by atoms with Gasteiger partial charge in [0.1, 0.15) is 0 Å². The number of hydrogen-bond acceptors (Lipinski definition) is 6. The second kappa shape index (κ2) is 9.68. The highest BCUT2D eigenvalue weighted by Gasteiger charge is 2.23. The lowest BCUT2D eigenvalue weighted by Gasteiger charge is -2.29. The summed E-state index contributed by atoms with van der Waals surface area (Å²) in [6, 6.07) is 7.03. The third-order valence-corrected chi connectivity index (χ3v) is 6.38. The van der Waals surface area contributed by atoms with Gasteiger partial charge in [0, 0.05) is 55.4 Å². The van der Waals surface area contributed by atoms with E-state index < -0.39 is 0 Å². The minimum Gasteiger partial charge on any atom is -0.379 e. The summed E-state index contributed by atoms with van der Waals surface area (Å²) in [5.74, 6) is 0.0986. The van der Waals surface area contributed by atoms with Crippen LogP contribution in [-0.2, 0) is 17.7 Å². The van der Waals surface area contributed by atoms with Crippen LogP contribution in [0.4, 0.5) is 10.5 Å². The van der Waals surface area contributed by atoms with Crippen molar-refractivity contribution in [3.05, 3.63) is 53.3 Å². The maximum atomic E-state index is 12.9. The molecule has 2 amide bonds. The number of carbonyl (C=O) groups is 2. The smallest absolute Gasteiger partial charge is 0.322 e. The number of morpholine rings is 1. The molecular formula is C24H28N6O3. The predicted molar refractivity (Wildman–Crippen MR) is 124 cm³/mol. The Morgan fingerprint density at radius 3 is 2.91 bits per heavy atom. The van der Waals surface area contributed by atoms with Crippen LogP contribution in [0.15, 0.2) is 36.7 Å². The highest BCUT2D eigenvalue weighted by Crippen LogP contribution is 2.25. The third kappa shape index (κ3) is 4.89. The summed E-state index contributed by atoms with van der Waals surface area (Å²) < 4.78 is 5.36. The lowest BCUT2D eigenvalue weighted by Crippen LogP contribution is -2.39. The topological polar surface area (TPSA) is 103 Å². The molecule has 1 fully saturated rings. The zero-order valence-electron chi connectivity index (χ0n) is 18.5. The first kappa shape index (κ1) is 21.5. The fourth-order valence-electron chi connectivity index (χ4n) is 4.53. The Hall–Kier alpha value is -3.30. The first-order valence-corrected chi connectivity index (χ1v) is 11.5. The van der Waals surface area contributed by atoms with E-state index in [9.17, 15) is 9.59 Å². The van der Waals surface area contributed by atoms with Gasteiger partial charge in [-0.2, -0.15) is 5.10 Å². The van der Waals surface area contributed by atoms with Crippen LogP contribution < -0.4 is 5.32 Å². The molecule has 0 unspecified atom stereocenters. The molecule has 0 aliphatic carbocycles. The molecule has 1 aromatic carbocycles. The van der Waals surface area contributed by atoms with E-state index in [4.69, 9.17) is 4.74 Å². The van der Waals surface area contributed by atoms with E-state index in [-0.39, 0.29) is 11.8 Å². The van der Waals surface area contributed by atoms with Crippen LogP contribution in [0, 0.1) is 0 Å². The number of ether oxygens (including phenoxy) is 1. The number of pyridine rings is 1. The number of hydrogen-bond donors (Lipinski definition) is 2. The highest BCUT2D eigenvalue weighted by molar-refractivity contribution is 5.98. The van der Waals surface area contributed by atoms with Crippen LogP contribution in [0.25, 0.3) is 11.0 Å². The third-order valence-electron chi connectivity index (χ3n) is 6.38. The Kier molecular flexibility index (Phi) is 6.32. The fourth-order valence-corrected chi connectivity index (χ4v) is 4.53. The van der Waals surface area contributed by atoms with Crippen LogP contribution >= 0.6 is 0 Å². The molecule has 0 saturated carbocycles. The predicted octanol–water partition coefficient (Wildman–Crippen LogP) is 2.84. The number of amides is 2. The highest BCUT2D eigenvalue weighted by atomic mass is 16.5. The average molecular weight is 449 g/mol. The average Bonchev–Trinajstić information content (AvgIpc) is 3.34. The maximum Gasteiger partial charge on any atom is 0.322 e. The minimum atomic E-state index is -0.176. The van der Waals surface area contributed by atoms with Gasteiger partial charge >= 0.3 is 6.03 Å². The number of ketones is 1. The van der Waals surface area contributed by atoms with E-state index in [1.165, 1.54) is 5.56 Å². The molecule has 0 spiro atoms. The van der Waals surface area contributed by atoms with Gasteiger partial charge in [-0.15, -0.1) is 0 Å². The molecule has 9 nitrogen and oxygen atoms in total. The lowest BCUT2D eigenvalue weighted by atomic mass is 9.99. The summed E-state index contributed by atoms with van der Waals surface area (Å²) in [5.41, 5.74) is 4.27. The van der Waals surface area contributed by atoms with Crippen molar-refractivity contribution in [3.8, 4) is 0 Å². The number of aromatic amines is 1. The minimum absolute atomic E-state index is 0.0986. The SMILES string of the molecule is O=C(CCCN1CCOCC1)c1cccc(NC(=O)N2CCc3c(cnc4[nH]ncc34)C2)c1. The molecule has 0 radical (unpaired) electrons. The number of nitrogens with zero attached hydrogens (tertiary/aromatic N) is 4. The standard InChI is InChI=1S/C24H28N6O3/c31-22(5-2-7-29-9-11-33-12-10-29)17-3-1-4-19(13-17)27-24(32)30-8-6-20-18(16-30)14-25-23-21(20)15-26-28-23/h1,3-4,13-15H,2,5-12,16H2,(H,27,32)(H,25,26,28). The molecule has 1 saturated heterocycles. The maximum absolute atomic E-state index is 12.9. The number of nitrogens with one attached hydrogen (secondary N) is 2. The number of benzene rings is 1. The molecule has 2 aromatic heterocycles. The van der Waals surface area contributed by atoms with Crippen LogP contribution in [-0.4, -0.2) is 76.2 Å². The first-order valence-electron chi connectivity index (χ1n) is 11.5. The van der Waals surface area contributed by atoms with Crippen molar-refractivity contribution >= 4 is 28.5 Å². The Bertz CT molecular complexity index is 1150. The summed E-state index contributed by atoms with van der Waals surface area (Å²) in [7, 11) is 0. The number of anilines is 1. The molecule has 2 aliphatic rings. The van der Waals surface area contributed by atoms with Crippen molar-refractivity contribution in [3.63, 3.8) is 0 Å². The molecule has 0 bridgehead atoms. The van der Waals surface area contributed by atoms with Gasteiger partial charge in [-0.3, -0.25) is 14.8 Å². The summed E-state index contributed by atoms with van der Waals surface area (Å²) in [5, 5.41) is 10.9. The monoisotopic (exact) mass is 448 g/mol. The zero-order chi connectivity index (χ0) is 22.6. The van der Waals surface area contributed by atoms with Gasteiger partial charge < -0.3 is 15.0 Å². The number of urea groups is 1. The quantitative estimate of drug-likeness (QED) is 0.562. The molecule has 4 heterocycles. The largest absolute Gasteiger partial charge is 0.379 e. The van der Waals surface area contributed by atoms with Crippen molar-refractivity contribution in [2.75, 3.05) is 44.7 Å². The van der Waals surface area contributed by atoms with Gasteiger partial charge in [0.2, 0.25) is 0 Å². The van der Waals surface area contributed by atoms with E-state index in [1.54, 1.807) is 17.2 Å². The van der Waals surface area contributed by atoms with Crippen molar-refractivity contribution in [2.45, 2.75) is 25.8 Å². The molecule has 2 N–H and O–H groups in total. The summed E-state index contributed by atoms with van der Waals surface area (Å²) in [6.45, 7) is 5.41. The van der Waals surface area contributed by atoms with Crippen molar-refractivity contribution in [1.82, 2.24) is 25.0 Å². The second-order valence-corrected chi connectivity index (χ2v) is 8.56. The van der Waals surface area contributed by atoms with Crippen LogP contribution in [0.3, 0.4) is 0 Å². The number of fused-ring (bicyclic) bond motifs is 3. The number of rotatable bonds is 6. The molecular weight excluding hydrogens is 420 g/mol. The van der Waals surface area contributed by atoms with E-state index in [0.717, 1.165) is 62.3 Å². The van der Waals surface area contributed by atoms with E-state index in [1.807, 2.05) is 24.4 Å². The zero-order valence-corrected chi connectivity index (χ0v) is 18.5. The Labute approximate surface area is 192 Å². The second-order valence-electron chi connectivity index (χ2n) is 8.56. The summed E-state index contributed by atoms with van der Waals surface area (Å²) in [4.78, 5) is 34.1. The molecule has 9 heteroatoms. The molecule has 2 aliphatic heterocycles. The first-order chi connectivity index (χ1) is 16.2. The van der Waals surface area contributed by atoms with E-state index in [2.05, 4.69) is 25.4 Å². The van der Waals surface area contributed by atoms with Gasteiger partial charge in [0.05, 0.1) is 19.4 Å². The fraction of sp³-hybridized carbons (Fsp3) is 0.417. The van der Waals surface area contributed by atoms with Crippen LogP contribution in [0.1, 0.15) is 34.3 Å². The van der Waals surface area contributed by atoms with Crippen molar-refractivity contribution in [1.29, 1.82) is 0 Å². The molecule has 3 aromatic rings. The Morgan fingerprint density at radius 2 is 2.03 bits per heavy atom. The lowest BCUT2D eigenvalue weighted by molar-refractivity contribution is 0.0371. The number of Topliss-reactive ketones (excluding diaryl/α,β-unsaturated/α-hetero) is 1. The normalized spacial score (nSPS) is 16.5. The Balaban J connectivity index is 1.17. The summed E-state index contributed by atoms with van der Waals surface area (Å²) >= 11 is 0. The van der Waals surface area contributed by atoms with E-state index >= 15 is 0 Å². The number of carbonyl (C=O) groups excluding carboxylic acids is 2. The molecule has 5 rings (SSSR count). The van der Waals surface area contributed by atoms with Crippen molar-refractivity contribution < 1.29 is 14.3 Å². The van der Waals surface area contributed by atoms with E-state index in [0.29, 0.717) is 30.8 Å². The van der Waals surface area contributed by atoms with Gasteiger partial charge in [-0.1, -0.05) is 12.1 Å². The summed E-state index contributed by atoms with van der Waals surface area (Å²) in [6.07, 6.45) is 5.67. The van der Waals surface area contributed by atoms with Crippen LogP contribution in [0.5, 0.6) is 0 Å². The number of aromatic nitrogens is 3. The van der Waals surface area contributed by atoms with Gasteiger partial charge in [-0.05, 0) is 42.6 Å². The Morgan fingerprint density at radius 1 is 1.15 bits per heavy atom. The van der Waals surface area contributed by atoms with Gasteiger partial charge in [0.15, 0.2) is 11.4 Å². The van der Waals surface area contributed by atoms with Gasteiger partial charge in [0.25, 0.3) is 0 Å².